The van der Waals surface area contributed by atoms with Crippen LogP contribution >= 0.6 is 0 Å². The number of anilines is 1. The third-order valence-electron chi connectivity index (χ3n) is 8.54. The van der Waals surface area contributed by atoms with Crippen LogP contribution in [0, 0.1) is 23.7 Å². The summed E-state index contributed by atoms with van der Waals surface area (Å²) < 4.78 is 11.9. The van der Waals surface area contributed by atoms with Gasteiger partial charge >= 0.3 is 0 Å². The van der Waals surface area contributed by atoms with Crippen LogP contribution < -0.4 is 15.4 Å². The summed E-state index contributed by atoms with van der Waals surface area (Å²) in [5.41, 5.74) is -1.46. The predicted molar refractivity (Wildman–Crippen MR) is 139 cm³/mol. The van der Waals surface area contributed by atoms with Crippen LogP contribution in [0.1, 0.15) is 53.9 Å². The van der Waals surface area contributed by atoms with Crippen LogP contribution in [0.2, 0.25) is 0 Å². The number of benzene rings is 1. The first-order chi connectivity index (χ1) is 17.5. The largest absolute Gasteiger partial charge is 0.497 e. The molecule has 204 valence electrons. The summed E-state index contributed by atoms with van der Waals surface area (Å²) in [6.07, 6.45) is 1.78. The standard InChI is InChI=1S/C28H41N3O6/c1-7-12-29-24(33)21-22-26(35)31(19(15-32)13-16(2)3)23(28(22)14-17(4)27(21,5)37-28)25(34)30-18-8-10-20(36-6)11-9-18/h8-11,16-17,19,21-23,32H,7,12-15H2,1-6H3,(H,29,33)(H,30,34)/t17?,19-,21+,22+,23?,27-,28?/m1/s1. The smallest absolute Gasteiger partial charge is 0.250 e. The van der Waals surface area contributed by atoms with Gasteiger partial charge in [0.25, 0.3) is 0 Å². The number of carbonyl (C=O) groups is 3. The van der Waals surface area contributed by atoms with Crippen molar-refractivity contribution < 1.29 is 29.0 Å². The van der Waals surface area contributed by atoms with Crippen molar-refractivity contribution in [1.29, 1.82) is 0 Å². The van der Waals surface area contributed by atoms with Gasteiger partial charge in [-0.05, 0) is 62.3 Å². The van der Waals surface area contributed by atoms with Gasteiger partial charge in [-0.2, -0.15) is 0 Å². The highest BCUT2D eigenvalue weighted by Gasteiger charge is 2.80. The number of aliphatic hydroxyl groups is 1. The van der Waals surface area contributed by atoms with Gasteiger partial charge < -0.3 is 30.1 Å². The number of amides is 3. The second kappa shape index (κ2) is 10.3. The number of aliphatic hydroxyl groups excluding tert-OH is 1. The Labute approximate surface area is 219 Å². The Morgan fingerprint density at radius 3 is 2.49 bits per heavy atom. The Kier molecular flexibility index (Phi) is 7.59. The third kappa shape index (κ3) is 4.40. The molecule has 1 aromatic carbocycles. The number of hydrogen-bond donors (Lipinski definition) is 3. The summed E-state index contributed by atoms with van der Waals surface area (Å²) in [5, 5.41) is 16.3. The molecule has 2 bridgehead atoms. The monoisotopic (exact) mass is 515 g/mol. The molecular formula is C28H41N3O6. The first-order valence-corrected chi connectivity index (χ1v) is 13.4. The highest BCUT2D eigenvalue weighted by molar-refractivity contribution is 6.04. The van der Waals surface area contributed by atoms with E-state index >= 15 is 0 Å². The first-order valence-electron chi connectivity index (χ1n) is 13.4. The zero-order chi connectivity index (χ0) is 27.1. The number of ether oxygens (including phenoxy) is 2. The molecule has 1 spiro atoms. The summed E-state index contributed by atoms with van der Waals surface area (Å²) in [7, 11) is 1.57. The molecular weight excluding hydrogens is 474 g/mol. The van der Waals surface area contributed by atoms with E-state index in [1.807, 2.05) is 34.6 Å². The minimum atomic E-state index is -1.15. The highest BCUT2D eigenvalue weighted by atomic mass is 16.5. The number of hydrogen-bond acceptors (Lipinski definition) is 6. The van der Waals surface area contributed by atoms with Crippen LogP contribution in [-0.2, 0) is 19.1 Å². The molecule has 3 aliphatic rings. The zero-order valence-electron chi connectivity index (χ0n) is 22.7. The average molecular weight is 516 g/mol. The van der Waals surface area contributed by atoms with E-state index in [-0.39, 0.29) is 36.2 Å². The maximum atomic E-state index is 14.2. The molecule has 3 N–H and O–H groups in total. The topological polar surface area (TPSA) is 117 Å². The minimum Gasteiger partial charge on any atom is -0.497 e. The molecule has 1 aromatic rings. The summed E-state index contributed by atoms with van der Waals surface area (Å²) in [5.74, 6) is -1.58. The maximum absolute atomic E-state index is 14.2. The lowest BCUT2D eigenvalue weighted by Crippen LogP contribution is -2.56. The molecule has 3 fully saturated rings. The van der Waals surface area contributed by atoms with Gasteiger partial charge in [-0.3, -0.25) is 14.4 Å². The Hall–Kier alpha value is -2.65. The van der Waals surface area contributed by atoms with Gasteiger partial charge in [-0.1, -0.05) is 27.7 Å². The lowest BCUT2D eigenvalue weighted by Gasteiger charge is -2.37. The Morgan fingerprint density at radius 1 is 1.24 bits per heavy atom. The van der Waals surface area contributed by atoms with Crippen molar-refractivity contribution in [3.63, 3.8) is 0 Å². The quantitative estimate of drug-likeness (QED) is 0.441. The van der Waals surface area contributed by atoms with Crippen molar-refractivity contribution in [2.45, 2.75) is 77.2 Å². The van der Waals surface area contributed by atoms with Gasteiger partial charge in [0, 0.05) is 12.2 Å². The van der Waals surface area contributed by atoms with Crippen LogP contribution in [0.25, 0.3) is 0 Å². The zero-order valence-corrected chi connectivity index (χ0v) is 22.7. The molecule has 7 atom stereocenters. The number of nitrogens with one attached hydrogen (secondary N) is 2. The van der Waals surface area contributed by atoms with Crippen molar-refractivity contribution in [3.05, 3.63) is 24.3 Å². The van der Waals surface area contributed by atoms with E-state index in [0.717, 1.165) is 6.42 Å². The lowest BCUT2D eigenvalue weighted by molar-refractivity contribution is -0.149. The van der Waals surface area contributed by atoms with Crippen molar-refractivity contribution in [1.82, 2.24) is 10.2 Å². The van der Waals surface area contributed by atoms with Gasteiger partial charge in [-0.15, -0.1) is 0 Å². The molecule has 0 aliphatic carbocycles. The van der Waals surface area contributed by atoms with Crippen LogP contribution in [0.4, 0.5) is 5.69 Å². The molecule has 37 heavy (non-hydrogen) atoms. The number of fused-ring (bicyclic) bond motifs is 1. The summed E-state index contributed by atoms with van der Waals surface area (Å²) >= 11 is 0. The molecule has 0 saturated carbocycles. The Bertz CT molecular complexity index is 1030. The second-order valence-corrected chi connectivity index (χ2v) is 11.4. The molecule has 9 nitrogen and oxygen atoms in total. The summed E-state index contributed by atoms with van der Waals surface area (Å²) in [4.78, 5) is 43.2. The van der Waals surface area contributed by atoms with E-state index in [2.05, 4.69) is 10.6 Å². The van der Waals surface area contributed by atoms with Gasteiger partial charge in [0.15, 0.2) is 0 Å². The summed E-state index contributed by atoms with van der Waals surface area (Å²) in [6, 6.07) is 5.43. The van der Waals surface area contributed by atoms with Crippen molar-refractivity contribution in [2.24, 2.45) is 23.7 Å². The molecule has 4 rings (SSSR count). The number of nitrogens with zero attached hydrogens (tertiary/aromatic N) is 1. The molecule has 3 aliphatic heterocycles. The Morgan fingerprint density at radius 2 is 1.92 bits per heavy atom. The van der Waals surface area contributed by atoms with Gasteiger partial charge in [-0.25, -0.2) is 0 Å². The number of carbonyl (C=O) groups excluding carboxylic acids is 3. The van der Waals surface area contributed by atoms with Gasteiger partial charge in [0.2, 0.25) is 17.7 Å². The van der Waals surface area contributed by atoms with Crippen molar-refractivity contribution >= 4 is 23.4 Å². The van der Waals surface area contributed by atoms with Gasteiger partial charge in [0.05, 0.1) is 37.2 Å². The van der Waals surface area contributed by atoms with E-state index in [9.17, 15) is 19.5 Å². The van der Waals surface area contributed by atoms with E-state index in [1.165, 1.54) is 4.90 Å². The van der Waals surface area contributed by atoms with Crippen LogP contribution in [0.15, 0.2) is 24.3 Å². The molecule has 0 aromatic heterocycles. The minimum absolute atomic E-state index is 0.0390. The maximum Gasteiger partial charge on any atom is 0.250 e. The SMILES string of the molecule is CCCNC(=O)[C@@H]1[C@H]2C(=O)N([C@@H](CO)CC(C)C)C(C(=O)Nc3ccc(OC)cc3)C23CC(C)[C@@]1(C)O3. The lowest BCUT2D eigenvalue weighted by atomic mass is 9.62. The molecule has 3 amide bonds. The van der Waals surface area contributed by atoms with Crippen LogP contribution in [0.3, 0.4) is 0 Å². The fraction of sp³-hybridized carbons (Fsp3) is 0.679. The normalized spacial score (nSPS) is 33.0. The average Bonchev–Trinajstić information content (AvgIpc) is 3.38. The van der Waals surface area contributed by atoms with Crippen molar-refractivity contribution in [2.75, 3.05) is 25.6 Å². The molecule has 3 saturated heterocycles. The first kappa shape index (κ1) is 27.4. The number of rotatable bonds is 10. The highest BCUT2D eigenvalue weighted by Crippen LogP contribution is 2.65. The van der Waals surface area contributed by atoms with Crippen LogP contribution in [0.5, 0.6) is 5.75 Å². The number of likely N-dealkylation sites (tertiary alicyclic amines) is 1. The van der Waals surface area contributed by atoms with E-state index < -0.39 is 35.1 Å². The van der Waals surface area contributed by atoms with E-state index in [1.54, 1.807) is 31.4 Å². The van der Waals surface area contributed by atoms with Crippen LogP contribution in [-0.4, -0.2) is 71.3 Å². The third-order valence-corrected chi connectivity index (χ3v) is 8.54. The molecule has 0 radical (unpaired) electrons. The number of methoxy groups -OCH3 is 1. The van der Waals surface area contributed by atoms with E-state index in [4.69, 9.17) is 9.47 Å². The summed E-state index contributed by atoms with van der Waals surface area (Å²) in [6.45, 7) is 10.2. The van der Waals surface area contributed by atoms with E-state index in [0.29, 0.717) is 30.8 Å². The van der Waals surface area contributed by atoms with Gasteiger partial charge in [0.1, 0.15) is 17.4 Å². The molecule has 3 heterocycles. The fourth-order valence-electron chi connectivity index (χ4n) is 6.83. The Balaban J connectivity index is 1.77. The molecule has 9 heteroatoms. The predicted octanol–water partition coefficient (Wildman–Crippen LogP) is 2.58. The van der Waals surface area contributed by atoms with Crippen molar-refractivity contribution in [3.8, 4) is 5.75 Å². The fourth-order valence-corrected chi connectivity index (χ4v) is 6.83. The molecule has 3 unspecified atom stereocenters. The second-order valence-electron chi connectivity index (χ2n) is 11.4.